The molecule has 2 rings (SSSR count). The highest BCUT2D eigenvalue weighted by molar-refractivity contribution is 6.19. The second-order valence-corrected chi connectivity index (χ2v) is 2.88. The summed E-state index contributed by atoms with van der Waals surface area (Å²) in [7, 11) is 1.42. The summed E-state index contributed by atoms with van der Waals surface area (Å²) in [6.45, 7) is 1.73. The number of nitrogens with zero attached hydrogens (tertiary/aromatic N) is 3. The first-order chi connectivity index (χ1) is 6.11. The largest absolute Gasteiger partial charge is 0.281 e. The molecule has 5 heteroatoms. The van der Waals surface area contributed by atoms with Gasteiger partial charge in [-0.25, -0.2) is 9.97 Å². The topological polar surface area (TPSA) is 63.2 Å². The van der Waals surface area contributed by atoms with E-state index >= 15 is 0 Å². The normalized spacial score (nSPS) is 15.1. The Bertz CT molecular complexity index is 414. The first-order valence-electron chi connectivity index (χ1n) is 3.77. The molecule has 1 aliphatic heterocycles. The van der Waals surface area contributed by atoms with Crippen molar-refractivity contribution in [1.82, 2.24) is 14.9 Å². The van der Waals surface area contributed by atoms with E-state index in [4.69, 9.17) is 0 Å². The summed E-state index contributed by atoms with van der Waals surface area (Å²) in [5, 5.41) is 0. The van der Waals surface area contributed by atoms with Gasteiger partial charge in [0.25, 0.3) is 11.8 Å². The molecule has 1 aromatic rings. The van der Waals surface area contributed by atoms with Gasteiger partial charge in [0.2, 0.25) is 0 Å². The smallest absolute Gasteiger partial charge is 0.275 e. The van der Waals surface area contributed by atoms with Gasteiger partial charge in [0, 0.05) is 13.2 Å². The number of imide groups is 1. The number of hydrogen-bond acceptors (Lipinski definition) is 4. The number of aryl methyl sites for hydroxylation is 1. The van der Waals surface area contributed by atoms with Crippen LogP contribution in [-0.2, 0) is 0 Å². The molecule has 2 amide bonds. The van der Waals surface area contributed by atoms with E-state index in [9.17, 15) is 9.59 Å². The third-order valence-electron chi connectivity index (χ3n) is 1.91. The molecule has 2 heterocycles. The minimum absolute atomic E-state index is 0.151. The molecule has 0 saturated carbocycles. The van der Waals surface area contributed by atoms with Crippen LogP contribution in [0.5, 0.6) is 0 Å². The van der Waals surface area contributed by atoms with Crippen molar-refractivity contribution < 1.29 is 9.59 Å². The van der Waals surface area contributed by atoms with E-state index in [-0.39, 0.29) is 23.2 Å². The maximum absolute atomic E-state index is 11.4. The Labute approximate surface area is 74.4 Å². The lowest BCUT2D eigenvalue weighted by molar-refractivity contribution is 0.0689. The van der Waals surface area contributed by atoms with Gasteiger partial charge < -0.3 is 0 Å². The van der Waals surface area contributed by atoms with Gasteiger partial charge in [0.05, 0.1) is 5.69 Å². The van der Waals surface area contributed by atoms with Crippen LogP contribution in [0.2, 0.25) is 0 Å². The minimum atomic E-state index is -0.382. The van der Waals surface area contributed by atoms with Gasteiger partial charge in [0.1, 0.15) is 0 Å². The second kappa shape index (κ2) is 2.35. The number of rotatable bonds is 0. The zero-order chi connectivity index (χ0) is 9.59. The molecule has 1 aromatic heterocycles. The Hall–Kier alpha value is -1.78. The zero-order valence-electron chi connectivity index (χ0n) is 7.24. The quantitative estimate of drug-likeness (QED) is 0.524. The minimum Gasteiger partial charge on any atom is -0.275 e. The molecule has 0 fully saturated rings. The van der Waals surface area contributed by atoms with Crippen LogP contribution in [0.4, 0.5) is 0 Å². The van der Waals surface area contributed by atoms with Crippen LogP contribution in [0, 0.1) is 6.92 Å². The maximum Gasteiger partial charge on any atom is 0.281 e. The third kappa shape index (κ3) is 0.932. The van der Waals surface area contributed by atoms with E-state index in [0.717, 1.165) is 4.90 Å². The molecule has 1 aliphatic rings. The summed E-state index contributed by atoms with van der Waals surface area (Å²) in [5.41, 5.74) is 0.945. The summed E-state index contributed by atoms with van der Waals surface area (Å²) in [4.78, 5) is 31.5. The summed E-state index contributed by atoms with van der Waals surface area (Å²) in [6, 6.07) is 0. The summed E-state index contributed by atoms with van der Waals surface area (Å²) in [6.07, 6.45) is 1.48. The summed E-state index contributed by atoms with van der Waals surface area (Å²) < 4.78 is 0. The second-order valence-electron chi connectivity index (χ2n) is 2.88. The lowest BCUT2D eigenvalue weighted by Gasteiger charge is -2.01. The van der Waals surface area contributed by atoms with Crippen molar-refractivity contribution in [3.8, 4) is 0 Å². The summed E-state index contributed by atoms with van der Waals surface area (Å²) >= 11 is 0. The van der Waals surface area contributed by atoms with Crippen molar-refractivity contribution in [3.63, 3.8) is 0 Å². The fourth-order valence-electron chi connectivity index (χ4n) is 1.19. The molecular weight excluding hydrogens is 170 g/mol. The van der Waals surface area contributed by atoms with Gasteiger partial charge in [-0.2, -0.15) is 0 Å². The highest BCUT2D eigenvalue weighted by Gasteiger charge is 2.35. The van der Waals surface area contributed by atoms with Crippen LogP contribution in [0.25, 0.3) is 0 Å². The van der Waals surface area contributed by atoms with Crippen LogP contribution in [-0.4, -0.2) is 33.7 Å². The van der Waals surface area contributed by atoms with Gasteiger partial charge in [-0.3, -0.25) is 14.5 Å². The van der Waals surface area contributed by atoms with Gasteiger partial charge >= 0.3 is 0 Å². The molecule has 0 aromatic carbocycles. The van der Waals surface area contributed by atoms with E-state index in [0.29, 0.717) is 5.69 Å². The monoisotopic (exact) mass is 177 g/mol. The standard InChI is InChI=1S/C8H7N3O2/c1-4-3-9-5-6(10-4)8(13)11(2)7(5)12/h3H,1-2H3. The van der Waals surface area contributed by atoms with Crippen molar-refractivity contribution in [3.05, 3.63) is 23.3 Å². The number of amides is 2. The molecule has 0 aliphatic carbocycles. The molecule has 5 nitrogen and oxygen atoms in total. The van der Waals surface area contributed by atoms with Crippen molar-refractivity contribution in [2.24, 2.45) is 0 Å². The Morgan fingerprint density at radius 3 is 2.54 bits per heavy atom. The number of carbonyl (C=O) groups excluding carboxylic acids is 2. The van der Waals surface area contributed by atoms with Gasteiger partial charge in [-0.1, -0.05) is 0 Å². The van der Waals surface area contributed by atoms with E-state index < -0.39 is 0 Å². The number of aromatic nitrogens is 2. The van der Waals surface area contributed by atoms with Gasteiger partial charge in [0.15, 0.2) is 11.4 Å². The SMILES string of the molecule is Cc1cnc2c(n1)C(=O)N(C)C2=O. The molecule has 0 spiro atoms. The first kappa shape index (κ1) is 7.85. The van der Waals surface area contributed by atoms with Crippen molar-refractivity contribution in [2.45, 2.75) is 6.92 Å². The van der Waals surface area contributed by atoms with E-state index in [1.54, 1.807) is 6.92 Å². The average Bonchev–Trinajstić information content (AvgIpc) is 2.32. The Morgan fingerprint density at radius 1 is 1.23 bits per heavy atom. The number of fused-ring (bicyclic) bond motifs is 1. The Balaban J connectivity index is 2.67. The fraction of sp³-hybridized carbons (Fsp3) is 0.250. The van der Waals surface area contributed by atoms with Crippen LogP contribution in [0.15, 0.2) is 6.20 Å². The van der Waals surface area contributed by atoms with E-state index in [2.05, 4.69) is 9.97 Å². The van der Waals surface area contributed by atoms with Crippen LogP contribution >= 0.6 is 0 Å². The van der Waals surface area contributed by atoms with Gasteiger partial charge in [-0.15, -0.1) is 0 Å². The molecule has 66 valence electrons. The fourth-order valence-corrected chi connectivity index (χ4v) is 1.19. The van der Waals surface area contributed by atoms with Gasteiger partial charge in [-0.05, 0) is 6.92 Å². The zero-order valence-corrected chi connectivity index (χ0v) is 7.24. The highest BCUT2D eigenvalue weighted by atomic mass is 16.2. The number of hydrogen-bond donors (Lipinski definition) is 0. The molecule has 0 radical (unpaired) electrons. The third-order valence-corrected chi connectivity index (χ3v) is 1.91. The van der Waals surface area contributed by atoms with Crippen LogP contribution in [0.1, 0.15) is 26.7 Å². The molecule has 0 saturated heterocycles. The molecule has 0 atom stereocenters. The van der Waals surface area contributed by atoms with E-state index in [1.807, 2.05) is 0 Å². The highest BCUT2D eigenvalue weighted by Crippen LogP contribution is 2.16. The van der Waals surface area contributed by atoms with Crippen LogP contribution in [0.3, 0.4) is 0 Å². The first-order valence-corrected chi connectivity index (χ1v) is 3.77. The predicted octanol–water partition coefficient (Wildman–Crippen LogP) is 0.0108. The van der Waals surface area contributed by atoms with Crippen molar-refractivity contribution in [2.75, 3.05) is 7.05 Å². The average molecular weight is 177 g/mol. The van der Waals surface area contributed by atoms with Crippen molar-refractivity contribution >= 4 is 11.8 Å². The van der Waals surface area contributed by atoms with Crippen LogP contribution < -0.4 is 0 Å². The Morgan fingerprint density at radius 2 is 1.85 bits per heavy atom. The van der Waals surface area contributed by atoms with E-state index in [1.165, 1.54) is 13.2 Å². The molecule has 0 unspecified atom stereocenters. The molecular formula is C8H7N3O2. The summed E-state index contributed by atoms with van der Waals surface area (Å²) in [5.74, 6) is -0.760. The lowest BCUT2D eigenvalue weighted by atomic mass is 10.3. The molecule has 0 bridgehead atoms. The maximum atomic E-state index is 11.4. The predicted molar refractivity (Wildman–Crippen MR) is 43.2 cm³/mol. The number of carbonyl (C=O) groups is 2. The Kier molecular flexibility index (Phi) is 1.42. The molecule has 13 heavy (non-hydrogen) atoms. The van der Waals surface area contributed by atoms with Crippen molar-refractivity contribution in [1.29, 1.82) is 0 Å². The molecule has 0 N–H and O–H groups in total. The lowest BCUT2D eigenvalue weighted by Crippen LogP contribution is -2.24.